The minimum atomic E-state index is -2.17. The predicted molar refractivity (Wildman–Crippen MR) is 164 cm³/mol. The van der Waals surface area contributed by atoms with Crippen molar-refractivity contribution in [1.82, 2.24) is 0 Å². The SMILES string of the molecule is C=CC.COC(=O)/C=C1\C[C@@H](C[C@@H](O)[C@@H](C)OCc2ccccc2)O[C@@](O)(C(C)(C)/C=C/C=O)[C@H]1OC(C)=O.COC(C)=O. The van der Waals surface area contributed by atoms with E-state index in [9.17, 15) is 29.4 Å². The first-order valence-electron chi connectivity index (χ1n) is 14.1. The van der Waals surface area contributed by atoms with E-state index in [2.05, 4.69) is 11.3 Å². The molecule has 11 heteroatoms. The third-order valence-electron chi connectivity index (χ3n) is 6.49. The van der Waals surface area contributed by atoms with Gasteiger partial charge in [0.25, 0.3) is 0 Å². The lowest BCUT2D eigenvalue weighted by atomic mass is 9.74. The Bertz CT molecular complexity index is 1110. The number of allylic oxidation sites excluding steroid dienone is 2. The van der Waals surface area contributed by atoms with Gasteiger partial charge in [0.2, 0.25) is 5.79 Å². The third-order valence-corrected chi connectivity index (χ3v) is 6.49. The summed E-state index contributed by atoms with van der Waals surface area (Å²) in [5.74, 6) is -3.82. The summed E-state index contributed by atoms with van der Waals surface area (Å²) >= 11 is 0. The number of hydrogen-bond acceptors (Lipinski definition) is 11. The summed E-state index contributed by atoms with van der Waals surface area (Å²) in [7, 11) is 2.55. The summed E-state index contributed by atoms with van der Waals surface area (Å²) in [5.41, 5.74) is -0.0352. The summed E-state index contributed by atoms with van der Waals surface area (Å²) in [5, 5.41) is 22.6. The normalized spacial score (nSPS) is 21.8. The Labute approximate surface area is 260 Å². The summed E-state index contributed by atoms with van der Waals surface area (Å²) < 4.78 is 26.2. The Morgan fingerprint density at radius 3 is 2.18 bits per heavy atom. The molecular weight excluding hydrogens is 572 g/mol. The van der Waals surface area contributed by atoms with Crippen molar-refractivity contribution in [2.75, 3.05) is 14.2 Å². The smallest absolute Gasteiger partial charge is 0.330 e. The van der Waals surface area contributed by atoms with E-state index in [-0.39, 0.29) is 24.4 Å². The number of aldehydes is 1. The Morgan fingerprint density at radius 2 is 1.70 bits per heavy atom. The molecule has 0 amide bonds. The summed E-state index contributed by atoms with van der Waals surface area (Å²) in [6, 6.07) is 9.52. The number of benzene rings is 1. The van der Waals surface area contributed by atoms with Gasteiger partial charge >= 0.3 is 17.9 Å². The lowest BCUT2D eigenvalue weighted by molar-refractivity contribution is -0.327. The first kappa shape index (κ1) is 40.4. The second-order valence-electron chi connectivity index (χ2n) is 10.5. The van der Waals surface area contributed by atoms with Gasteiger partial charge < -0.3 is 33.9 Å². The van der Waals surface area contributed by atoms with Crippen LogP contribution in [0.15, 0.2) is 66.8 Å². The zero-order valence-electron chi connectivity index (χ0n) is 27.0. The van der Waals surface area contributed by atoms with Crippen molar-refractivity contribution in [3.05, 3.63) is 72.4 Å². The van der Waals surface area contributed by atoms with Crippen LogP contribution in [0, 0.1) is 5.41 Å². The third kappa shape index (κ3) is 13.8. The number of rotatable bonds is 11. The van der Waals surface area contributed by atoms with Crippen LogP contribution in [-0.2, 0) is 49.5 Å². The molecule has 2 rings (SSSR count). The molecule has 0 radical (unpaired) electrons. The van der Waals surface area contributed by atoms with E-state index in [0.717, 1.165) is 11.6 Å². The molecular formula is C33H48O11. The largest absolute Gasteiger partial charge is 0.469 e. The van der Waals surface area contributed by atoms with Crippen LogP contribution < -0.4 is 0 Å². The summed E-state index contributed by atoms with van der Waals surface area (Å²) in [6.45, 7) is 13.0. The minimum Gasteiger partial charge on any atom is -0.469 e. The zero-order chi connectivity index (χ0) is 33.9. The van der Waals surface area contributed by atoms with Crippen LogP contribution >= 0.6 is 0 Å². The minimum absolute atomic E-state index is 0.0526. The Balaban J connectivity index is 0.00000205. The van der Waals surface area contributed by atoms with Crippen molar-refractivity contribution < 1.29 is 53.1 Å². The van der Waals surface area contributed by atoms with E-state index < -0.39 is 47.6 Å². The monoisotopic (exact) mass is 620 g/mol. The number of esters is 3. The van der Waals surface area contributed by atoms with Gasteiger partial charge in [0, 0.05) is 31.8 Å². The fraction of sp³-hybridized carbons (Fsp3) is 0.515. The molecule has 11 nitrogen and oxygen atoms in total. The molecule has 1 aromatic rings. The van der Waals surface area contributed by atoms with Crippen molar-refractivity contribution in [3.63, 3.8) is 0 Å². The van der Waals surface area contributed by atoms with Gasteiger partial charge in [-0.25, -0.2) is 4.79 Å². The van der Waals surface area contributed by atoms with Crippen molar-refractivity contribution in [2.24, 2.45) is 5.41 Å². The van der Waals surface area contributed by atoms with Crippen LogP contribution in [0.2, 0.25) is 0 Å². The molecule has 1 aliphatic rings. The molecule has 2 N–H and O–H groups in total. The van der Waals surface area contributed by atoms with Crippen molar-refractivity contribution in [3.8, 4) is 0 Å². The molecule has 1 heterocycles. The molecule has 0 bridgehead atoms. The highest BCUT2D eigenvalue weighted by atomic mass is 16.7. The topological polar surface area (TPSA) is 155 Å². The van der Waals surface area contributed by atoms with E-state index in [1.165, 1.54) is 40.2 Å². The van der Waals surface area contributed by atoms with Crippen molar-refractivity contribution >= 4 is 24.2 Å². The first-order chi connectivity index (χ1) is 20.6. The first-order valence-corrected chi connectivity index (χ1v) is 14.1. The van der Waals surface area contributed by atoms with Gasteiger partial charge in [-0.05, 0) is 37.5 Å². The van der Waals surface area contributed by atoms with Crippen LogP contribution in [0.25, 0.3) is 0 Å². The van der Waals surface area contributed by atoms with Gasteiger partial charge in [0.05, 0.1) is 39.1 Å². The van der Waals surface area contributed by atoms with Gasteiger partial charge in [-0.1, -0.05) is 56.3 Å². The average molecular weight is 621 g/mol. The van der Waals surface area contributed by atoms with Gasteiger partial charge in [-0.15, -0.1) is 6.58 Å². The van der Waals surface area contributed by atoms with E-state index in [0.29, 0.717) is 12.9 Å². The molecule has 0 spiro atoms. The number of methoxy groups -OCH3 is 2. The molecule has 5 atom stereocenters. The van der Waals surface area contributed by atoms with Gasteiger partial charge in [-0.2, -0.15) is 0 Å². The number of hydrogen-bond donors (Lipinski definition) is 2. The van der Waals surface area contributed by atoms with E-state index in [1.54, 1.807) is 26.8 Å². The highest BCUT2D eigenvalue weighted by Gasteiger charge is 2.57. The molecule has 44 heavy (non-hydrogen) atoms. The highest BCUT2D eigenvalue weighted by Crippen LogP contribution is 2.46. The van der Waals surface area contributed by atoms with Crippen LogP contribution in [0.4, 0.5) is 0 Å². The highest BCUT2D eigenvalue weighted by molar-refractivity contribution is 5.83. The number of carbonyl (C=O) groups excluding carboxylic acids is 4. The van der Waals surface area contributed by atoms with Gasteiger partial charge in [0.15, 0.2) is 6.10 Å². The Morgan fingerprint density at radius 1 is 1.14 bits per heavy atom. The van der Waals surface area contributed by atoms with E-state index in [4.69, 9.17) is 18.9 Å². The lowest BCUT2D eigenvalue weighted by Gasteiger charge is -2.50. The molecule has 0 unspecified atom stereocenters. The molecule has 1 aliphatic heterocycles. The second kappa shape index (κ2) is 20.3. The van der Waals surface area contributed by atoms with Crippen LogP contribution in [0.1, 0.15) is 59.9 Å². The fourth-order valence-corrected chi connectivity index (χ4v) is 4.04. The van der Waals surface area contributed by atoms with Crippen LogP contribution in [-0.4, -0.2) is 78.8 Å². The molecule has 0 aliphatic carbocycles. The van der Waals surface area contributed by atoms with Crippen molar-refractivity contribution in [1.29, 1.82) is 0 Å². The quantitative estimate of drug-likeness (QED) is 0.121. The Hall–Kier alpha value is -3.64. The fourth-order valence-electron chi connectivity index (χ4n) is 4.04. The van der Waals surface area contributed by atoms with E-state index >= 15 is 0 Å². The molecule has 1 saturated heterocycles. The molecule has 246 valence electrons. The number of aliphatic hydroxyl groups is 2. The number of carbonyl (C=O) groups is 4. The number of ether oxygens (including phenoxy) is 5. The maximum absolute atomic E-state index is 12.1. The molecule has 1 aromatic carbocycles. The predicted octanol–water partition coefficient (Wildman–Crippen LogP) is 4.00. The zero-order valence-corrected chi connectivity index (χ0v) is 27.0. The second-order valence-corrected chi connectivity index (χ2v) is 10.5. The average Bonchev–Trinajstić information content (AvgIpc) is 2.97. The van der Waals surface area contributed by atoms with Crippen LogP contribution in [0.5, 0.6) is 0 Å². The summed E-state index contributed by atoms with van der Waals surface area (Å²) in [6.07, 6.45) is 2.53. The van der Waals surface area contributed by atoms with Crippen molar-refractivity contribution in [2.45, 2.75) is 91.2 Å². The molecule has 1 fully saturated rings. The molecule has 0 saturated carbocycles. The number of aliphatic hydroxyl groups excluding tert-OH is 1. The van der Waals surface area contributed by atoms with Gasteiger partial charge in [-0.3, -0.25) is 14.4 Å². The Kier molecular flexibility index (Phi) is 18.7. The lowest BCUT2D eigenvalue weighted by Crippen LogP contribution is -2.62. The standard InChI is InChI=1S/C27H36O9.C3H6O2.C3H6/c1-18(34-17-20-10-7-6-8-11-20)23(30)16-22-14-21(15-24(31)33-5)25(35-19(2)29)27(32,36-22)26(3,4)12-9-13-28;1-3(4)5-2;1-3-2/h6-13,15,18,22-23,25,30,32H,14,16-17H2,1-5H3;1-2H3;3H,1H2,2H3/b12-9+,21-15+;;/t18-,22+,23-,25+,27-;;/m1../s1. The molecule has 0 aromatic heterocycles. The summed E-state index contributed by atoms with van der Waals surface area (Å²) in [4.78, 5) is 44.6. The maximum atomic E-state index is 12.1. The van der Waals surface area contributed by atoms with Gasteiger partial charge in [0.1, 0.15) is 6.29 Å². The van der Waals surface area contributed by atoms with Crippen LogP contribution in [0.3, 0.4) is 0 Å². The van der Waals surface area contributed by atoms with E-state index in [1.807, 2.05) is 37.3 Å². The maximum Gasteiger partial charge on any atom is 0.330 e.